The van der Waals surface area contributed by atoms with Crippen LogP contribution in [0.1, 0.15) is 20.9 Å². The quantitative estimate of drug-likeness (QED) is 0.661. The summed E-state index contributed by atoms with van der Waals surface area (Å²) in [5, 5.41) is 11.9. The van der Waals surface area contributed by atoms with Crippen LogP contribution in [0, 0.1) is 24.1 Å². The lowest BCUT2D eigenvalue weighted by molar-refractivity contribution is -0.119. The number of benzene rings is 2. The van der Waals surface area contributed by atoms with E-state index in [0.717, 1.165) is 11.3 Å². The molecule has 1 amide bonds. The summed E-state index contributed by atoms with van der Waals surface area (Å²) in [6, 6.07) is 14.1. The van der Waals surface area contributed by atoms with E-state index in [4.69, 9.17) is 10.00 Å². The van der Waals surface area contributed by atoms with Gasteiger partial charge in [-0.15, -0.1) is 11.3 Å². The number of aromatic nitrogens is 1. The van der Waals surface area contributed by atoms with Crippen LogP contribution in [0.15, 0.2) is 48.5 Å². The third-order valence-corrected chi connectivity index (χ3v) is 4.89. The maximum absolute atomic E-state index is 13.0. The minimum atomic E-state index is -0.654. The Labute approximate surface area is 164 Å². The van der Waals surface area contributed by atoms with Crippen LogP contribution < -0.4 is 5.32 Å². The standard InChI is InChI=1S/C20H14FN3O3S/c1-12-18(28-19(23-12)14-4-6-15(21)7-5-14)20(26)27-11-17(25)24-16-8-2-13(10-22)3-9-16/h2-9H,11H2,1H3,(H,24,25). The molecule has 0 bridgehead atoms. The largest absolute Gasteiger partial charge is 0.451 e. The number of hydrogen-bond donors (Lipinski definition) is 1. The number of rotatable bonds is 5. The number of halogens is 1. The van der Waals surface area contributed by atoms with E-state index in [1.807, 2.05) is 6.07 Å². The number of anilines is 1. The first kappa shape index (κ1) is 19.2. The number of aryl methyl sites for hydroxylation is 1. The first-order valence-electron chi connectivity index (χ1n) is 8.17. The van der Waals surface area contributed by atoms with E-state index < -0.39 is 18.5 Å². The Morgan fingerprint density at radius 2 is 1.86 bits per heavy atom. The normalized spacial score (nSPS) is 10.2. The Kier molecular flexibility index (Phi) is 5.77. The van der Waals surface area contributed by atoms with E-state index in [1.165, 1.54) is 12.1 Å². The van der Waals surface area contributed by atoms with Crippen LogP contribution in [-0.4, -0.2) is 23.5 Å². The Morgan fingerprint density at radius 3 is 2.50 bits per heavy atom. The minimum absolute atomic E-state index is 0.283. The van der Waals surface area contributed by atoms with Gasteiger partial charge in [0.25, 0.3) is 5.91 Å². The molecule has 0 spiro atoms. The van der Waals surface area contributed by atoms with Crippen LogP contribution in [0.25, 0.3) is 10.6 Å². The lowest BCUT2D eigenvalue weighted by Crippen LogP contribution is -2.20. The van der Waals surface area contributed by atoms with Crippen LogP contribution in [0.3, 0.4) is 0 Å². The number of carbonyl (C=O) groups excluding carboxylic acids is 2. The van der Waals surface area contributed by atoms with Crippen LogP contribution in [0.4, 0.5) is 10.1 Å². The molecule has 1 N–H and O–H groups in total. The number of thiazole rings is 1. The molecule has 0 fully saturated rings. The van der Waals surface area contributed by atoms with Gasteiger partial charge in [-0.2, -0.15) is 5.26 Å². The zero-order valence-electron chi connectivity index (χ0n) is 14.7. The molecule has 0 aliphatic heterocycles. The van der Waals surface area contributed by atoms with Crippen molar-refractivity contribution >= 4 is 28.9 Å². The number of carbonyl (C=O) groups is 2. The fraction of sp³-hybridized carbons (Fsp3) is 0.100. The summed E-state index contributed by atoms with van der Waals surface area (Å²) in [7, 11) is 0. The van der Waals surface area contributed by atoms with Gasteiger partial charge in [-0.25, -0.2) is 14.2 Å². The Morgan fingerprint density at radius 1 is 1.18 bits per heavy atom. The Hall–Kier alpha value is -3.57. The molecule has 0 aliphatic rings. The number of esters is 1. The van der Waals surface area contributed by atoms with Crippen molar-refractivity contribution in [2.24, 2.45) is 0 Å². The third-order valence-electron chi connectivity index (χ3n) is 3.71. The highest BCUT2D eigenvalue weighted by atomic mass is 32.1. The van der Waals surface area contributed by atoms with E-state index in [1.54, 1.807) is 43.3 Å². The van der Waals surface area contributed by atoms with E-state index >= 15 is 0 Å². The van der Waals surface area contributed by atoms with Crippen LogP contribution >= 0.6 is 11.3 Å². The zero-order valence-corrected chi connectivity index (χ0v) is 15.5. The van der Waals surface area contributed by atoms with Gasteiger partial charge in [0.05, 0.1) is 17.3 Å². The van der Waals surface area contributed by atoms with E-state index in [2.05, 4.69) is 10.3 Å². The van der Waals surface area contributed by atoms with Crippen molar-refractivity contribution in [1.82, 2.24) is 4.98 Å². The van der Waals surface area contributed by atoms with Crippen molar-refractivity contribution in [3.63, 3.8) is 0 Å². The van der Waals surface area contributed by atoms with Gasteiger partial charge in [-0.3, -0.25) is 4.79 Å². The van der Waals surface area contributed by atoms with Crippen molar-refractivity contribution < 1.29 is 18.7 Å². The number of hydrogen-bond acceptors (Lipinski definition) is 6. The van der Waals surface area contributed by atoms with Gasteiger partial charge in [-0.05, 0) is 55.5 Å². The van der Waals surface area contributed by atoms with Crippen LogP contribution in [0.5, 0.6) is 0 Å². The topological polar surface area (TPSA) is 92.1 Å². The van der Waals surface area contributed by atoms with Gasteiger partial charge in [0.2, 0.25) is 0 Å². The summed E-state index contributed by atoms with van der Waals surface area (Å²) < 4.78 is 18.1. The molecule has 0 atom stereocenters. The summed E-state index contributed by atoms with van der Waals surface area (Å²) in [6.07, 6.45) is 0. The molecule has 1 aromatic heterocycles. The fourth-order valence-electron chi connectivity index (χ4n) is 2.32. The average Bonchev–Trinajstić information content (AvgIpc) is 3.09. The third kappa shape index (κ3) is 4.58. The number of nitriles is 1. The van der Waals surface area contributed by atoms with Gasteiger partial charge in [-0.1, -0.05) is 0 Å². The predicted molar refractivity (Wildman–Crippen MR) is 102 cm³/mol. The van der Waals surface area contributed by atoms with Gasteiger partial charge in [0.1, 0.15) is 15.7 Å². The minimum Gasteiger partial charge on any atom is -0.451 e. The highest BCUT2D eigenvalue weighted by Crippen LogP contribution is 2.28. The van der Waals surface area contributed by atoms with Crippen molar-refractivity contribution in [3.8, 4) is 16.6 Å². The summed E-state index contributed by atoms with van der Waals surface area (Å²) in [6.45, 7) is 1.21. The first-order chi connectivity index (χ1) is 13.5. The lowest BCUT2D eigenvalue weighted by Gasteiger charge is -2.06. The second-order valence-electron chi connectivity index (χ2n) is 5.75. The molecule has 0 saturated heterocycles. The van der Waals surface area contributed by atoms with Crippen molar-refractivity contribution in [1.29, 1.82) is 5.26 Å². The molecule has 0 aliphatic carbocycles. The SMILES string of the molecule is Cc1nc(-c2ccc(F)cc2)sc1C(=O)OCC(=O)Nc1ccc(C#N)cc1. The predicted octanol–water partition coefficient (Wildman–Crippen LogP) is 3.92. The summed E-state index contributed by atoms with van der Waals surface area (Å²) in [5.74, 6) is -1.51. The van der Waals surface area contributed by atoms with Crippen molar-refractivity contribution in [3.05, 3.63) is 70.5 Å². The molecule has 8 heteroatoms. The molecule has 0 unspecified atom stereocenters. The monoisotopic (exact) mass is 395 g/mol. The highest BCUT2D eigenvalue weighted by Gasteiger charge is 2.18. The fourth-order valence-corrected chi connectivity index (χ4v) is 3.29. The molecule has 2 aromatic carbocycles. The number of amides is 1. The molecular weight excluding hydrogens is 381 g/mol. The summed E-state index contributed by atoms with van der Waals surface area (Å²) >= 11 is 1.12. The molecule has 3 aromatic rings. The molecule has 0 radical (unpaired) electrons. The van der Waals surface area contributed by atoms with E-state index in [0.29, 0.717) is 27.5 Å². The average molecular weight is 395 g/mol. The van der Waals surface area contributed by atoms with Gasteiger partial charge < -0.3 is 10.1 Å². The number of nitrogens with zero attached hydrogens (tertiary/aromatic N) is 2. The number of nitrogens with one attached hydrogen (secondary N) is 1. The van der Waals surface area contributed by atoms with Crippen molar-refractivity contribution in [2.75, 3.05) is 11.9 Å². The molecule has 6 nitrogen and oxygen atoms in total. The lowest BCUT2D eigenvalue weighted by atomic mass is 10.2. The van der Waals surface area contributed by atoms with Gasteiger partial charge in [0.15, 0.2) is 6.61 Å². The van der Waals surface area contributed by atoms with Crippen LogP contribution in [-0.2, 0) is 9.53 Å². The highest BCUT2D eigenvalue weighted by molar-refractivity contribution is 7.17. The second kappa shape index (κ2) is 8.41. The Bertz CT molecular complexity index is 1050. The van der Waals surface area contributed by atoms with E-state index in [-0.39, 0.29) is 10.7 Å². The molecule has 140 valence electrons. The first-order valence-corrected chi connectivity index (χ1v) is 8.98. The second-order valence-corrected chi connectivity index (χ2v) is 6.75. The molecule has 1 heterocycles. The molecule has 28 heavy (non-hydrogen) atoms. The maximum atomic E-state index is 13.0. The van der Waals surface area contributed by atoms with Gasteiger partial charge >= 0.3 is 5.97 Å². The summed E-state index contributed by atoms with van der Waals surface area (Å²) in [5.41, 5.74) is 2.13. The van der Waals surface area contributed by atoms with Gasteiger partial charge in [0, 0.05) is 11.3 Å². The number of ether oxygens (including phenoxy) is 1. The smallest absolute Gasteiger partial charge is 0.350 e. The van der Waals surface area contributed by atoms with Crippen molar-refractivity contribution in [2.45, 2.75) is 6.92 Å². The Balaban J connectivity index is 1.60. The maximum Gasteiger partial charge on any atom is 0.350 e. The van der Waals surface area contributed by atoms with E-state index in [9.17, 15) is 14.0 Å². The molecular formula is C20H14FN3O3S. The van der Waals surface area contributed by atoms with Crippen LogP contribution in [0.2, 0.25) is 0 Å². The zero-order chi connectivity index (χ0) is 20.1. The molecule has 0 saturated carbocycles. The summed E-state index contributed by atoms with van der Waals surface area (Å²) in [4.78, 5) is 28.8. The molecule has 3 rings (SSSR count).